The molecule has 0 spiro atoms. The predicted octanol–water partition coefficient (Wildman–Crippen LogP) is 3.43. The number of rotatable bonds is 7. The fourth-order valence-electron chi connectivity index (χ4n) is 3.27. The largest absolute Gasteiger partial charge is 0.383 e. The quantitative estimate of drug-likeness (QED) is 0.759. The maximum absolute atomic E-state index is 5.07. The van der Waals surface area contributed by atoms with E-state index in [1.54, 1.807) is 12.7 Å². The van der Waals surface area contributed by atoms with Crippen LogP contribution in [0.1, 0.15) is 43.2 Å². The summed E-state index contributed by atoms with van der Waals surface area (Å²) in [5.74, 6) is 0. The smallest absolute Gasteiger partial charge is 0.0587 e. The molecule has 1 aliphatic carbocycles. The number of hydrogen-bond acceptors (Lipinski definition) is 2. The summed E-state index contributed by atoms with van der Waals surface area (Å²) in [5.41, 5.74) is 3.33. The van der Waals surface area contributed by atoms with Crippen LogP contribution in [0.5, 0.6) is 0 Å². The third-order valence-corrected chi connectivity index (χ3v) is 4.49. The summed E-state index contributed by atoms with van der Waals surface area (Å²) in [5, 5.41) is 3.49. The van der Waals surface area contributed by atoms with Crippen molar-refractivity contribution in [2.45, 2.75) is 44.4 Å². The molecule has 2 rings (SSSR count). The molecule has 0 bridgehead atoms. The minimum absolute atomic E-state index is 0.424. The third kappa shape index (κ3) is 3.80. The van der Waals surface area contributed by atoms with Crippen molar-refractivity contribution in [1.29, 1.82) is 0 Å². The lowest BCUT2D eigenvalue weighted by molar-refractivity contribution is 0.198. The van der Waals surface area contributed by atoms with Crippen LogP contribution in [0.25, 0.3) is 0 Å². The Kier molecular flexibility index (Phi) is 5.41. The SMILES string of the molecule is COCCNCCC1(c2ccc(C)cc2)CCCC1. The Morgan fingerprint density at radius 2 is 1.79 bits per heavy atom. The summed E-state index contributed by atoms with van der Waals surface area (Å²) in [7, 11) is 1.76. The highest BCUT2D eigenvalue weighted by Gasteiger charge is 2.34. The number of hydrogen-bond donors (Lipinski definition) is 1. The van der Waals surface area contributed by atoms with Crippen LogP contribution in [0.2, 0.25) is 0 Å². The van der Waals surface area contributed by atoms with Gasteiger partial charge in [0.1, 0.15) is 0 Å². The molecule has 106 valence electrons. The van der Waals surface area contributed by atoms with Crippen LogP contribution in [-0.2, 0) is 10.2 Å². The van der Waals surface area contributed by atoms with E-state index in [1.165, 1.54) is 37.7 Å². The number of methoxy groups -OCH3 is 1. The highest BCUT2D eigenvalue weighted by atomic mass is 16.5. The van der Waals surface area contributed by atoms with Gasteiger partial charge in [0.05, 0.1) is 6.61 Å². The Balaban J connectivity index is 1.95. The lowest BCUT2D eigenvalue weighted by atomic mass is 9.76. The molecule has 1 fully saturated rings. The summed E-state index contributed by atoms with van der Waals surface area (Å²) in [4.78, 5) is 0. The van der Waals surface area contributed by atoms with Gasteiger partial charge in [-0.15, -0.1) is 0 Å². The number of aryl methyl sites for hydroxylation is 1. The van der Waals surface area contributed by atoms with Gasteiger partial charge in [0.15, 0.2) is 0 Å². The first-order chi connectivity index (χ1) is 9.27. The van der Waals surface area contributed by atoms with Gasteiger partial charge in [-0.05, 0) is 43.7 Å². The first kappa shape index (κ1) is 14.5. The zero-order valence-corrected chi connectivity index (χ0v) is 12.4. The molecule has 2 heteroatoms. The van der Waals surface area contributed by atoms with Crippen molar-refractivity contribution in [3.63, 3.8) is 0 Å². The zero-order chi connectivity index (χ0) is 13.6. The third-order valence-electron chi connectivity index (χ3n) is 4.49. The molecule has 1 aromatic rings. The molecular formula is C17H27NO. The molecule has 19 heavy (non-hydrogen) atoms. The van der Waals surface area contributed by atoms with E-state index in [-0.39, 0.29) is 0 Å². The molecule has 2 nitrogen and oxygen atoms in total. The van der Waals surface area contributed by atoms with Gasteiger partial charge in [0, 0.05) is 13.7 Å². The van der Waals surface area contributed by atoms with Crippen LogP contribution in [-0.4, -0.2) is 26.8 Å². The molecule has 0 heterocycles. The first-order valence-corrected chi connectivity index (χ1v) is 7.54. The molecule has 0 unspecified atom stereocenters. The van der Waals surface area contributed by atoms with Crippen molar-refractivity contribution in [3.05, 3.63) is 35.4 Å². The summed E-state index contributed by atoms with van der Waals surface area (Å²) < 4.78 is 5.07. The zero-order valence-electron chi connectivity index (χ0n) is 12.4. The molecule has 1 N–H and O–H groups in total. The standard InChI is InChI=1S/C17H27NO/c1-15-5-7-16(8-6-15)17(9-3-4-10-17)11-12-18-13-14-19-2/h5-8,18H,3-4,9-14H2,1-2H3. The second-order valence-corrected chi connectivity index (χ2v) is 5.85. The van der Waals surface area contributed by atoms with Gasteiger partial charge in [0.2, 0.25) is 0 Å². The van der Waals surface area contributed by atoms with Crippen LogP contribution in [0.4, 0.5) is 0 Å². The minimum Gasteiger partial charge on any atom is -0.383 e. The van der Waals surface area contributed by atoms with E-state index in [2.05, 4.69) is 36.5 Å². The minimum atomic E-state index is 0.424. The maximum atomic E-state index is 5.07. The van der Waals surface area contributed by atoms with E-state index >= 15 is 0 Å². The Labute approximate surface area is 117 Å². The molecular weight excluding hydrogens is 234 g/mol. The Bertz CT molecular complexity index is 365. The summed E-state index contributed by atoms with van der Waals surface area (Å²) in [6.07, 6.45) is 6.71. The lowest BCUT2D eigenvalue weighted by Crippen LogP contribution is -2.29. The molecule has 1 aromatic carbocycles. The number of benzene rings is 1. The first-order valence-electron chi connectivity index (χ1n) is 7.54. The van der Waals surface area contributed by atoms with Crippen molar-refractivity contribution in [3.8, 4) is 0 Å². The van der Waals surface area contributed by atoms with Gasteiger partial charge < -0.3 is 10.1 Å². The van der Waals surface area contributed by atoms with E-state index < -0.39 is 0 Å². The van der Waals surface area contributed by atoms with Crippen molar-refractivity contribution in [1.82, 2.24) is 5.32 Å². The molecule has 1 saturated carbocycles. The van der Waals surface area contributed by atoms with Gasteiger partial charge in [-0.25, -0.2) is 0 Å². The normalized spacial score (nSPS) is 17.8. The highest BCUT2D eigenvalue weighted by molar-refractivity contribution is 5.29. The lowest BCUT2D eigenvalue weighted by Gasteiger charge is -2.30. The van der Waals surface area contributed by atoms with Gasteiger partial charge in [-0.3, -0.25) is 0 Å². The molecule has 0 aliphatic heterocycles. The molecule has 0 radical (unpaired) electrons. The summed E-state index contributed by atoms with van der Waals surface area (Å²) in [6, 6.07) is 9.20. The van der Waals surface area contributed by atoms with Crippen molar-refractivity contribution in [2.24, 2.45) is 0 Å². The van der Waals surface area contributed by atoms with E-state index in [0.29, 0.717) is 5.41 Å². The van der Waals surface area contributed by atoms with Crippen LogP contribution < -0.4 is 5.32 Å². The van der Waals surface area contributed by atoms with Gasteiger partial charge in [-0.1, -0.05) is 42.7 Å². The number of ether oxygens (including phenoxy) is 1. The molecule has 1 aliphatic rings. The van der Waals surface area contributed by atoms with Crippen LogP contribution >= 0.6 is 0 Å². The fraction of sp³-hybridized carbons (Fsp3) is 0.647. The van der Waals surface area contributed by atoms with E-state index in [9.17, 15) is 0 Å². The van der Waals surface area contributed by atoms with Crippen molar-refractivity contribution >= 4 is 0 Å². The molecule has 0 aromatic heterocycles. The van der Waals surface area contributed by atoms with Crippen molar-refractivity contribution in [2.75, 3.05) is 26.8 Å². The second kappa shape index (κ2) is 7.06. The molecule has 0 amide bonds. The Hall–Kier alpha value is -0.860. The van der Waals surface area contributed by atoms with Crippen LogP contribution in [0, 0.1) is 6.92 Å². The average Bonchev–Trinajstić information content (AvgIpc) is 2.89. The highest BCUT2D eigenvalue weighted by Crippen LogP contribution is 2.43. The van der Waals surface area contributed by atoms with Crippen molar-refractivity contribution < 1.29 is 4.74 Å². The predicted molar refractivity (Wildman–Crippen MR) is 80.7 cm³/mol. The Morgan fingerprint density at radius 1 is 1.11 bits per heavy atom. The van der Waals surface area contributed by atoms with Gasteiger partial charge in [0.25, 0.3) is 0 Å². The monoisotopic (exact) mass is 261 g/mol. The topological polar surface area (TPSA) is 21.3 Å². The van der Waals surface area contributed by atoms with E-state index in [1.807, 2.05) is 0 Å². The van der Waals surface area contributed by atoms with Gasteiger partial charge >= 0.3 is 0 Å². The van der Waals surface area contributed by atoms with E-state index in [4.69, 9.17) is 4.74 Å². The van der Waals surface area contributed by atoms with Gasteiger partial charge in [-0.2, -0.15) is 0 Å². The average molecular weight is 261 g/mol. The second-order valence-electron chi connectivity index (χ2n) is 5.85. The summed E-state index contributed by atoms with van der Waals surface area (Å²) in [6.45, 7) is 5.02. The Morgan fingerprint density at radius 3 is 2.42 bits per heavy atom. The fourth-order valence-corrected chi connectivity index (χ4v) is 3.27. The van der Waals surface area contributed by atoms with E-state index in [0.717, 1.165) is 19.7 Å². The van der Waals surface area contributed by atoms with Crippen LogP contribution in [0.3, 0.4) is 0 Å². The number of nitrogens with one attached hydrogen (secondary N) is 1. The maximum Gasteiger partial charge on any atom is 0.0587 e. The molecule has 0 saturated heterocycles. The summed E-state index contributed by atoms with van der Waals surface area (Å²) >= 11 is 0. The van der Waals surface area contributed by atoms with Crippen LogP contribution in [0.15, 0.2) is 24.3 Å². The molecule has 0 atom stereocenters.